The fraction of sp³-hybridized carbons (Fsp3) is 0.333. The summed E-state index contributed by atoms with van der Waals surface area (Å²) in [5.41, 5.74) is 7.10. The van der Waals surface area contributed by atoms with Crippen LogP contribution in [-0.2, 0) is 12.8 Å². The van der Waals surface area contributed by atoms with Crippen LogP contribution in [0.1, 0.15) is 25.0 Å². The van der Waals surface area contributed by atoms with E-state index in [1.807, 2.05) is 0 Å². The van der Waals surface area contributed by atoms with Gasteiger partial charge in [-0.25, -0.2) is 0 Å². The highest BCUT2D eigenvalue weighted by molar-refractivity contribution is 5.77. The monoisotopic (exact) mass is 251 g/mol. The standard InChI is InChI=1S/C18H21N/c1-13(2)12-14-6-3-4-7-15(14)16-8-5-9-18-17(16)10-11-19-18/h3-9,13,19H,10-12H2,1-2H3. The predicted molar refractivity (Wildman–Crippen MR) is 82.6 cm³/mol. The van der Waals surface area contributed by atoms with E-state index in [2.05, 4.69) is 61.6 Å². The lowest BCUT2D eigenvalue weighted by Gasteiger charge is -2.14. The van der Waals surface area contributed by atoms with Gasteiger partial charge in [0.25, 0.3) is 0 Å². The molecule has 1 heteroatoms. The van der Waals surface area contributed by atoms with Gasteiger partial charge in [-0.1, -0.05) is 50.2 Å². The average Bonchev–Trinajstić information content (AvgIpc) is 2.87. The van der Waals surface area contributed by atoms with Gasteiger partial charge in [-0.3, -0.25) is 0 Å². The summed E-state index contributed by atoms with van der Waals surface area (Å²) < 4.78 is 0. The molecule has 1 aliphatic rings. The molecule has 0 fully saturated rings. The fourth-order valence-corrected chi connectivity index (χ4v) is 3.00. The minimum Gasteiger partial charge on any atom is -0.384 e. The lowest BCUT2D eigenvalue weighted by molar-refractivity contribution is 0.648. The number of nitrogens with one attached hydrogen (secondary N) is 1. The molecule has 1 aliphatic heterocycles. The zero-order valence-corrected chi connectivity index (χ0v) is 11.7. The van der Waals surface area contributed by atoms with Gasteiger partial charge < -0.3 is 5.32 Å². The van der Waals surface area contributed by atoms with Gasteiger partial charge in [0.2, 0.25) is 0 Å². The van der Waals surface area contributed by atoms with Crippen LogP contribution in [-0.4, -0.2) is 6.54 Å². The summed E-state index contributed by atoms with van der Waals surface area (Å²) in [6.07, 6.45) is 2.29. The zero-order chi connectivity index (χ0) is 13.2. The Balaban J connectivity index is 2.10. The van der Waals surface area contributed by atoms with Gasteiger partial charge in [0.05, 0.1) is 0 Å². The first-order valence-electron chi connectivity index (χ1n) is 7.19. The molecule has 0 spiro atoms. The topological polar surface area (TPSA) is 12.0 Å². The van der Waals surface area contributed by atoms with Crippen LogP contribution in [0, 0.1) is 5.92 Å². The molecule has 0 saturated heterocycles. The minimum absolute atomic E-state index is 0.691. The molecular formula is C18H21N. The minimum atomic E-state index is 0.691. The molecular weight excluding hydrogens is 230 g/mol. The van der Waals surface area contributed by atoms with E-state index in [0.717, 1.165) is 19.4 Å². The van der Waals surface area contributed by atoms with Gasteiger partial charge in [-0.05, 0) is 47.1 Å². The first-order chi connectivity index (χ1) is 9.25. The molecule has 1 nitrogen and oxygen atoms in total. The Morgan fingerprint density at radius 2 is 1.79 bits per heavy atom. The van der Waals surface area contributed by atoms with Crippen LogP contribution in [0.5, 0.6) is 0 Å². The van der Waals surface area contributed by atoms with Crippen molar-refractivity contribution in [2.24, 2.45) is 5.92 Å². The van der Waals surface area contributed by atoms with E-state index in [-0.39, 0.29) is 0 Å². The van der Waals surface area contributed by atoms with Gasteiger partial charge in [-0.2, -0.15) is 0 Å². The molecule has 0 unspecified atom stereocenters. The molecule has 2 aromatic rings. The maximum Gasteiger partial charge on any atom is 0.0379 e. The van der Waals surface area contributed by atoms with Crippen molar-refractivity contribution in [2.75, 3.05) is 11.9 Å². The third-order valence-electron chi connectivity index (χ3n) is 3.80. The summed E-state index contributed by atoms with van der Waals surface area (Å²) in [5, 5.41) is 3.47. The summed E-state index contributed by atoms with van der Waals surface area (Å²) in [6, 6.07) is 15.5. The van der Waals surface area contributed by atoms with E-state index in [0.29, 0.717) is 5.92 Å². The smallest absolute Gasteiger partial charge is 0.0379 e. The van der Waals surface area contributed by atoms with Crippen molar-refractivity contribution >= 4 is 5.69 Å². The Hall–Kier alpha value is -1.76. The number of hydrogen-bond acceptors (Lipinski definition) is 1. The van der Waals surface area contributed by atoms with Crippen LogP contribution in [0.3, 0.4) is 0 Å². The van der Waals surface area contributed by atoms with Crippen molar-refractivity contribution in [2.45, 2.75) is 26.7 Å². The second-order valence-electron chi connectivity index (χ2n) is 5.76. The highest BCUT2D eigenvalue weighted by Gasteiger charge is 2.16. The molecule has 2 aromatic carbocycles. The maximum atomic E-state index is 3.47. The number of rotatable bonds is 3. The highest BCUT2D eigenvalue weighted by atomic mass is 14.9. The molecule has 0 radical (unpaired) electrons. The molecule has 0 atom stereocenters. The summed E-state index contributed by atoms with van der Waals surface area (Å²) in [5.74, 6) is 0.691. The van der Waals surface area contributed by atoms with Gasteiger partial charge in [0, 0.05) is 12.2 Å². The van der Waals surface area contributed by atoms with Crippen LogP contribution in [0.25, 0.3) is 11.1 Å². The molecule has 0 saturated carbocycles. The third kappa shape index (κ3) is 2.37. The fourth-order valence-electron chi connectivity index (χ4n) is 3.00. The van der Waals surface area contributed by atoms with Crippen molar-refractivity contribution in [3.05, 3.63) is 53.6 Å². The van der Waals surface area contributed by atoms with Crippen molar-refractivity contribution < 1.29 is 0 Å². The molecule has 19 heavy (non-hydrogen) atoms. The lowest BCUT2D eigenvalue weighted by Crippen LogP contribution is -1.98. The van der Waals surface area contributed by atoms with Gasteiger partial charge in [0.15, 0.2) is 0 Å². The Morgan fingerprint density at radius 1 is 1.00 bits per heavy atom. The first kappa shape index (κ1) is 12.3. The van der Waals surface area contributed by atoms with Crippen molar-refractivity contribution in [1.29, 1.82) is 0 Å². The van der Waals surface area contributed by atoms with Crippen LogP contribution >= 0.6 is 0 Å². The first-order valence-corrected chi connectivity index (χ1v) is 7.19. The summed E-state index contributed by atoms with van der Waals surface area (Å²) in [6.45, 7) is 5.64. The van der Waals surface area contributed by atoms with E-state index >= 15 is 0 Å². The second kappa shape index (κ2) is 5.08. The molecule has 1 heterocycles. The number of hydrogen-bond donors (Lipinski definition) is 1. The van der Waals surface area contributed by atoms with Crippen LogP contribution in [0.2, 0.25) is 0 Å². The van der Waals surface area contributed by atoms with Crippen LogP contribution < -0.4 is 5.32 Å². The summed E-state index contributed by atoms with van der Waals surface area (Å²) in [4.78, 5) is 0. The van der Waals surface area contributed by atoms with E-state index in [4.69, 9.17) is 0 Å². The molecule has 0 aliphatic carbocycles. The summed E-state index contributed by atoms with van der Waals surface area (Å²) in [7, 11) is 0. The third-order valence-corrected chi connectivity index (χ3v) is 3.80. The largest absolute Gasteiger partial charge is 0.384 e. The average molecular weight is 251 g/mol. The van der Waals surface area contributed by atoms with Crippen molar-refractivity contribution in [1.82, 2.24) is 0 Å². The van der Waals surface area contributed by atoms with Gasteiger partial charge in [0.1, 0.15) is 0 Å². The number of fused-ring (bicyclic) bond motifs is 1. The zero-order valence-electron chi connectivity index (χ0n) is 11.7. The predicted octanol–water partition coefficient (Wildman–Crippen LogP) is 4.52. The van der Waals surface area contributed by atoms with Crippen molar-refractivity contribution in [3.8, 4) is 11.1 Å². The molecule has 1 N–H and O–H groups in total. The Kier molecular flexibility index (Phi) is 3.29. The normalized spacial score (nSPS) is 13.4. The van der Waals surface area contributed by atoms with E-state index in [9.17, 15) is 0 Å². The molecule has 98 valence electrons. The maximum absolute atomic E-state index is 3.47. The molecule has 0 aromatic heterocycles. The number of benzene rings is 2. The Labute approximate surface area is 115 Å². The van der Waals surface area contributed by atoms with Crippen LogP contribution in [0.4, 0.5) is 5.69 Å². The quantitative estimate of drug-likeness (QED) is 0.845. The molecule has 0 amide bonds. The Bertz CT molecular complexity index is 584. The van der Waals surface area contributed by atoms with E-state index in [1.54, 1.807) is 0 Å². The number of anilines is 1. The van der Waals surface area contributed by atoms with Crippen molar-refractivity contribution in [3.63, 3.8) is 0 Å². The van der Waals surface area contributed by atoms with Gasteiger partial charge in [-0.15, -0.1) is 0 Å². The SMILES string of the molecule is CC(C)Cc1ccccc1-c1cccc2c1CCN2. The lowest BCUT2D eigenvalue weighted by atomic mass is 9.90. The van der Waals surface area contributed by atoms with E-state index in [1.165, 1.54) is 27.9 Å². The Morgan fingerprint density at radius 3 is 2.63 bits per heavy atom. The van der Waals surface area contributed by atoms with Gasteiger partial charge >= 0.3 is 0 Å². The molecule has 3 rings (SSSR count). The summed E-state index contributed by atoms with van der Waals surface area (Å²) >= 11 is 0. The molecule has 0 bridgehead atoms. The second-order valence-corrected chi connectivity index (χ2v) is 5.76. The van der Waals surface area contributed by atoms with E-state index < -0.39 is 0 Å². The highest BCUT2D eigenvalue weighted by Crippen LogP contribution is 2.35. The van der Waals surface area contributed by atoms with Crippen LogP contribution in [0.15, 0.2) is 42.5 Å².